The van der Waals surface area contributed by atoms with Crippen molar-refractivity contribution in [1.82, 2.24) is 9.55 Å². The van der Waals surface area contributed by atoms with Gasteiger partial charge >= 0.3 is 11.8 Å². The fourth-order valence-corrected chi connectivity index (χ4v) is 1.96. The van der Waals surface area contributed by atoms with E-state index >= 15 is 0 Å². The van der Waals surface area contributed by atoms with Crippen molar-refractivity contribution >= 4 is 29.3 Å². The molecule has 0 radical (unpaired) electrons. The second kappa shape index (κ2) is 8.11. The monoisotopic (exact) mass is 361 g/mol. The Bertz CT molecular complexity index is 731. The lowest BCUT2D eigenvalue weighted by atomic mass is 10.2. The van der Waals surface area contributed by atoms with Gasteiger partial charge in [0.2, 0.25) is 0 Å². The number of Topliss-reactive ketones (excluding diaryl/α,β-unsaturated/α-hetero) is 1. The molecule has 2 N–H and O–H groups in total. The number of carbonyl (C=O) groups is 2. The highest BCUT2D eigenvalue weighted by Crippen LogP contribution is 2.14. The summed E-state index contributed by atoms with van der Waals surface area (Å²) in [5.41, 5.74) is -2.97. The van der Waals surface area contributed by atoms with Crippen molar-refractivity contribution in [3.05, 3.63) is 26.4 Å². The predicted octanol–water partition coefficient (Wildman–Crippen LogP) is 0.951. The molecule has 0 aliphatic carbocycles. The summed E-state index contributed by atoms with van der Waals surface area (Å²) in [6, 6.07) is 0. The zero-order chi connectivity index (χ0) is 18.5. The molecule has 0 saturated carbocycles. The molecule has 24 heavy (non-hydrogen) atoms. The number of nitrogens with zero attached hydrogens (tertiary/aromatic N) is 1. The van der Waals surface area contributed by atoms with Crippen LogP contribution in [0.2, 0.25) is 0 Å². The van der Waals surface area contributed by atoms with Crippen LogP contribution in [0.15, 0.2) is 9.59 Å². The van der Waals surface area contributed by atoms with E-state index < -0.39 is 40.2 Å². The van der Waals surface area contributed by atoms with Gasteiger partial charge in [-0.05, 0) is 20.8 Å². The molecule has 134 valence electrons. The number of hydrogen-bond acceptors (Lipinski definition) is 6. The number of nitrogens with one attached hydrogen (secondary N) is 2. The minimum Gasteiger partial charge on any atom is -0.444 e. The fourth-order valence-electron chi connectivity index (χ4n) is 1.82. The summed E-state index contributed by atoms with van der Waals surface area (Å²) in [6.07, 6.45) is -0.915. The molecule has 1 amide bonds. The zero-order valence-corrected chi connectivity index (χ0v) is 14.7. The van der Waals surface area contributed by atoms with E-state index in [2.05, 4.69) is 5.32 Å². The third kappa shape index (κ3) is 5.20. The Morgan fingerprint density at radius 3 is 2.42 bits per heavy atom. The highest BCUT2D eigenvalue weighted by atomic mass is 35.5. The SMILES string of the molecule is COCCn1c(NC(=O)OC(C)(C)C)c(C(=O)CCl)c(=O)[nH]c1=O. The van der Waals surface area contributed by atoms with E-state index in [1.165, 1.54) is 7.11 Å². The Morgan fingerprint density at radius 2 is 1.92 bits per heavy atom. The Kier molecular flexibility index (Phi) is 6.73. The van der Waals surface area contributed by atoms with Crippen LogP contribution in [0.3, 0.4) is 0 Å². The number of aromatic amines is 1. The topological polar surface area (TPSA) is 119 Å². The van der Waals surface area contributed by atoms with Crippen LogP contribution in [0.25, 0.3) is 0 Å². The summed E-state index contributed by atoms with van der Waals surface area (Å²) in [6.45, 7) is 5.05. The lowest BCUT2D eigenvalue weighted by Gasteiger charge is -2.21. The first kappa shape index (κ1) is 19.9. The number of rotatable bonds is 6. The molecule has 0 aliphatic rings. The molecule has 0 aromatic carbocycles. The zero-order valence-electron chi connectivity index (χ0n) is 13.9. The number of amides is 1. The summed E-state index contributed by atoms with van der Waals surface area (Å²) < 4.78 is 11.0. The second-order valence-electron chi connectivity index (χ2n) is 5.81. The van der Waals surface area contributed by atoms with Gasteiger partial charge in [-0.15, -0.1) is 11.6 Å². The van der Waals surface area contributed by atoms with Gasteiger partial charge in [0, 0.05) is 7.11 Å². The van der Waals surface area contributed by atoms with Crippen LogP contribution in [0.5, 0.6) is 0 Å². The van der Waals surface area contributed by atoms with Gasteiger partial charge in [0.15, 0.2) is 5.78 Å². The van der Waals surface area contributed by atoms with Gasteiger partial charge in [-0.25, -0.2) is 9.59 Å². The largest absolute Gasteiger partial charge is 0.444 e. The van der Waals surface area contributed by atoms with E-state index in [4.69, 9.17) is 21.1 Å². The van der Waals surface area contributed by atoms with E-state index in [1.54, 1.807) is 20.8 Å². The van der Waals surface area contributed by atoms with E-state index in [1.807, 2.05) is 4.98 Å². The molecule has 0 fully saturated rings. The first-order chi connectivity index (χ1) is 11.1. The number of alkyl halides is 1. The minimum absolute atomic E-state index is 0.000188. The van der Waals surface area contributed by atoms with Crippen LogP contribution in [-0.2, 0) is 16.0 Å². The van der Waals surface area contributed by atoms with Crippen LogP contribution in [0.1, 0.15) is 31.1 Å². The second-order valence-corrected chi connectivity index (χ2v) is 6.08. The van der Waals surface area contributed by atoms with Crippen molar-refractivity contribution < 1.29 is 19.1 Å². The number of aromatic nitrogens is 2. The average Bonchev–Trinajstić information content (AvgIpc) is 2.44. The number of H-pyrrole nitrogens is 1. The third-order valence-corrected chi connectivity index (χ3v) is 2.98. The van der Waals surface area contributed by atoms with Gasteiger partial charge in [0.1, 0.15) is 17.0 Å². The number of methoxy groups -OCH3 is 1. The predicted molar refractivity (Wildman–Crippen MR) is 88.1 cm³/mol. The Morgan fingerprint density at radius 1 is 1.29 bits per heavy atom. The summed E-state index contributed by atoms with van der Waals surface area (Å²) in [4.78, 5) is 50.0. The molecule has 1 heterocycles. The third-order valence-electron chi connectivity index (χ3n) is 2.74. The smallest absolute Gasteiger partial charge is 0.413 e. The van der Waals surface area contributed by atoms with Crippen molar-refractivity contribution in [1.29, 1.82) is 0 Å². The molecular formula is C14H20ClN3O6. The van der Waals surface area contributed by atoms with E-state index in [0.717, 1.165) is 4.57 Å². The molecule has 1 rings (SSSR count). The van der Waals surface area contributed by atoms with Crippen LogP contribution in [-0.4, -0.2) is 46.6 Å². The molecule has 0 aliphatic heterocycles. The first-order valence-corrected chi connectivity index (χ1v) is 7.59. The van der Waals surface area contributed by atoms with Crippen LogP contribution in [0.4, 0.5) is 10.6 Å². The quantitative estimate of drug-likeness (QED) is 0.575. The molecule has 10 heteroatoms. The number of anilines is 1. The molecule has 1 aromatic rings. The summed E-state index contributed by atoms with van der Waals surface area (Å²) in [5.74, 6) is -1.51. The summed E-state index contributed by atoms with van der Waals surface area (Å²) in [5, 5.41) is 2.29. The van der Waals surface area contributed by atoms with Gasteiger partial charge in [0.05, 0.1) is 19.0 Å². The molecule has 0 bridgehead atoms. The lowest BCUT2D eigenvalue weighted by Crippen LogP contribution is -2.39. The Hall–Kier alpha value is -2.13. The van der Waals surface area contributed by atoms with Crippen molar-refractivity contribution in [3.63, 3.8) is 0 Å². The van der Waals surface area contributed by atoms with E-state index in [9.17, 15) is 19.2 Å². The maximum Gasteiger partial charge on any atom is 0.413 e. The molecule has 9 nitrogen and oxygen atoms in total. The maximum absolute atomic E-state index is 12.0. The van der Waals surface area contributed by atoms with Crippen molar-refractivity contribution in [2.24, 2.45) is 0 Å². The average molecular weight is 362 g/mol. The lowest BCUT2D eigenvalue weighted by molar-refractivity contribution is 0.0634. The van der Waals surface area contributed by atoms with Crippen LogP contribution >= 0.6 is 11.6 Å². The Balaban J connectivity index is 3.44. The standard InChI is InChI=1S/C14H20ClN3O6/c1-14(2,3)24-13(22)16-10-9(8(19)7-15)11(20)17-12(21)18(10)5-6-23-4/h5-7H2,1-4H3,(H,16,22)(H,17,20,21). The fraction of sp³-hybridized carbons (Fsp3) is 0.571. The molecule has 0 saturated heterocycles. The van der Waals surface area contributed by atoms with Crippen molar-refractivity contribution in [2.45, 2.75) is 32.9 Å². The van der Waals surface area contributed by atoms with Gasteiger partial charge in [-0.1, -0.05) is 0 Å². The first-order valence-electron chi connectivity index (χ1n) is 7.06. The van der Waals surface area contributed by atoms with Crippen LogP contribution in [0, 0.1) is 0 Å². The maximum atomic E-state index is 12.0. The van der Waals surface area contributed by atoms with Crippen molar-refractivity contribution in [2.75, 3.05) is 24.9 Å². The summed E-state index contributed by atoms with van der Waals surface area (Å²) >= 11 is 5.51. The van der Waals surface area contributed by atoms with E-state index in [-0.39, 0.29) is 19.0 Å². The summed E-state index contributed by atoms with van der Waals surface area (Å²) in [7, 11) is 1.42. The molecule has 1 aromatic heterocycles. The molecule has 0 atom stereocenters. The van der Waals surface area contributed by atoms with Crippen molar-refractivity contribution in [3.8, 4) is 0 Å². The Labute approximate surface area is 142 Å². The molecule has 0 spiro atoms. The number of halogens is 1. The molecular weight excluding hydrogens is 342 g/mol. The van der Waals surface area contributed by atoms with Gasteiger partial charge in [-0.2, -0.15) is 0 Å². The normalized spacial score (nSPS) is 11.2. The highest BCUT2D eigenvalue weighted by molar-refractivity contribution is 6.31. The van der Waals surface area contributed by atoms with Crippen LogP contribution < -0.4 is 16.6 Å². The molecule has 0 unspecified atom stereocenters. The van der Waals surface area contributed by atoms with Gasteiger partial charge in [-0.3, -0.25) is 24.5 Å². The highest BCUT2D eigenvalue weighted by Gasteiger charge is 2.24. The van der Waals surface area contributed by atoms with Gasteiger partial charge in [0.25, 0.3) is 5.56 Å². The number of carbonyl (C=O) groups excluding carboxylic acids is 2. The number of ether oxygens (including phenoxy) is 2. The number of hydrogen-bond donors (Lipinski definition) is 2. The van der Waals surface area contributed by atoms with Gasteiger partial charge < -0.3 is 9.47 Å². The van der Waals surface area contributed by atoms with E-state index in [0.29, 0.717) is 0 Å². The minimum atomic E-state index is -0.939. The number of ketones is 1.